The number of ether oxygens (including phenoxy) is 1. The van der Waals surface area contributed by atoms with Crippen LogP contribution in [0.25, 0.3) is 0 Å². The smallest absolute Gasteiger partial charge is 0.373 e. The molecule has 0 radical (unpaired) electrons. The highest BCUT2D eigenvalue weighted by Crippen LogP contribution is 2.34. The van der Waals surface area contributed by atoms with Crippen molar-refractivity contribution in [3.8, 4) is 0 Å². The van der Waals surface area contributed by atoms with E-state index in [1.165, 1.54) is 7.11 Å². The quantitative estimate of drug-likeness (QED) is 0.721. The summed E-state index contributed by atoms with van der Waals surface area (Å²) in [6, 6.07) is 3.31. The number of aliphatic hydroxyl groups excluding tert-OH is 1. The van der Waals surface area contributed by atoms with Crippen molar-refractivity contribution in [1.29, 1.82) is 0 Å². The number of hydrogen-bond acceptors (Lipinski definition) is 5. The molecule has 1 fully saturated rings. The van der Waals surface area contributed by atoms with Crippen LogP contribution in [0, 0.1) is 0 Å². The number of carbonyl (C=O) groups excluding carboxylic acids is 1. The lowest BCUT2D eigenvalue weighted by Crippen LogP contribution is -2.33. The van der Waals surface area contributed by atoms with E-state index in [4.69, 9.17) is 9.52 Å². The molecule has 5 heteroatoms. The highest BCUT2D eigenvalue weighted by Gasteiger charge is 2.41. The van der Waals surface area contributed by atoms with Crippen LogP contribution in [0.3, 0.4) is 0 Å². The van der Waals surface area contributed by atoms with Crippen LogP contribution in [-0.4, -0.2) is 30.3 Å². The summed E-state index contributed by atoms with van der Waals surface area (Å²) in [5.41, 5.74) is -0.127. The van der Waals surface area contributed by atoms with Crippen LogP contribution in [0.2, 0.25) is 0 Å². The number of rotatable bonds is 5. The van der Waals surface area contributed by atoms with Gasteiger partial charge in [-0.05, 0) is 25.0 Å². The minimum absolute atomic E-state index is 0.127. The first-order valence-corrected chi connectivity index (χ1v) is 5.22. The lowest BCUT2D eigenvalue weighted by atomic mass is 10.3. The summed E-state index contributed by atoms with van der Waals surface area (Å²) in [6.07, 6.45) is 1.96. The Kier molecular flexibility index (Phi) is 2.98. The molecule has 0 unspecified atom stereocenters. The molecule has 0 bridgehead atoms. The molecule has 0 aliphatic heterocycles. The van der Waals surface area contributed by atoms with Gasteiger partial charge in [0.1, 0.15) is 5.76 Å². The molecule has 2 rings (SSSR count). The fourth-order valence-electron chi connectivity index (χ4n) is 1.50. The molecular formula is C11H15NO4. The summed E-state index contributed by atoms with van der Waals surface area (Å²) in [5.74, 6) is 0.391. The standard InChI is InChI=1S/C11H15NO4/c1-15-10(14)9-3-2-8(16-9)6-12-11(7-13)4-5-11/h2-3,12-13H,4-7H2,1H3. The Morgan fingerprint density at radius 3 is 2.94 bits per heavy atom. The number of nitrogens with one attached hydrogen (secondary N) is 1. The van der Waals surface area contributed by atoms with Gasteiger partial charge >= 0.3 is 5.97 Å². The Balaban J connectivity index is 1.90. The molecule has 2 N–H and O–H groups in total. The lowest BCUT2D eigenvalue weighted by Gasteiger charge is -2.12. The van der Waals surface area contributed by atoms with Crippen molar-refractivity contribution in [2.24, 2.45) is 0 Å². The van der Waals surface area contributed by atoms with E-state index in [0.29, 0.717) is 12.3 Å². The summed E-state index contributed by atoms with van der Waals surface area (Å²) in [5, 5.41) is 12.3. The third-order valence-corrected chi connectivity index (χ3v) is 2.84. The minimum Gasteiger partial charge on any atom is -0.463 e. The Morgan fingerprint density at radius 2 is 2.38 bits per heavy atom. The van der Waals surface area contributed by atoms with Crippen molar-refractivity contribution < 1.29 is 19.1 Å². The monoisotopic (exact) mass is 225 g/mol. The largest absolute Gasteiger partial charge is 0.463 e. The zero-order valence-corrected chi connectivity index (χ0v) is 9.16. The van der Waals surface area contributed by atoms with E-state index in [9.17, 15) is 4.79 Å². The van der Waals surface area contributed by atoms with Crippen LogP contribution in [0.5, 0.6) is 0 Å². The van der Waals surface area contributed by atoms with Crippen molar-refractivity contribution >= 4 is 5.97 Å². The Labute approximate surface area is 93.4 Å². The van der Waals surface area contributed by atoms with Crippen molar-refractivity contribution in [3.63, 3.8) is 0 Å². The maximum absolute atomic E-state index is 11.1. The van der Waals surface area contributed by atoms with Crippen LogP contribution in [0.4, 0.5) is 0 Å². The first kappa shape index (κ1) is 11.2. The number of hydrogen-bond donors (Lipinski definition) is 2. The molecule has 1 saturated carbocycles. The van der Waals surface area contributed by atoms with E-state index in [1.54, 1.807) is 12.1 Å². The third kappa shape index (κ3) is 2.25. The summed E-state index contributed by atoms with van der Waals surface area (Å²) in [6.45, 7) is 0.648. The summed E-state index contributed by atoms with van der Waals surface area (Å²) < 4.78 is 9.82. The summed E-state index contributed by atoms with van der Waals surface area (Å²) in [7, 11) is 1.31. The lowest BCUT2D eigenvalue weighted by molar-refractivity contribution is 0.0562. The second kappa shape index (κ2) is 4.27. The molecule has 0 aromatic carbocycles. The highest BCUT2D eigenvalue weighted by atomic mass is 16.5. The molecule has 1 aromatic heterocycles. The molecular weight excluding hydrogens is 210 g/mol. The molecule has 1 aliphatic carbocycles. The van der Waals surface area contributed by atoms with E-state index >= 15 is 0 Å². The minimum atomic E-state index is -0.477. The molecule has 5 nitrogen and oxygen atoms in total. The number of aliphatic hydroxyl groups is 1. The fourth-order valence-corrected chi connectivity index (χ4v) is 1.50. The molecule has 0 amide bonds. The van der Waals surface area contributed by atoms with E-state index in [2.05, 4.69) is 10.1 Å². The molecule has 1 heterocycles. The van der Waals surface area contributed by atoms with Gasteiger partial charge in [0.2, 0.25) is 5.76 Å². The summed E-state index contributed by atoms with van der Waals surface area (Å²) >= 11 is 0. The predicted molar refractivity (Wildman–Crippen MR) is 55.9 cm³/mol. The maximum atomic E-state index is 11.1. The Hall–Kier alpha value is -1.33. The van der Waals surface area contributed by atoms with Gasteiger partial charge in [-0.1, -0.05) is 0 Å². The van der Waals surface area contributed by atoms with Crippen LogP contribution in [-0.2, 0) is 11.3 Å². The zero-order chi connectivity index (χ0) is 11.6. The van der Waals surface area contributed by atoms with Gasteiger partial charge in [-0.15, -0.1) is 0 Å². The Morgan fingerprint density at radius 1 is 1.62 bits per heavy atom. The van der Waals surface area contributed by atoms with Gasteiger partial charge in [0.15, 0.2) is 0 Å². The van der Waals surface area contributed by atoms with Crippen LogP contribution in [0.1, 0.15) is 29.2 Å². The average molecular weight is 225 g/mol. The van der Waals surface area contributed by atoms with E-state index in [1.807, 2.05) is 0 Å². The molecule has 0 atom stereocenters. The second-order valence-electron chi connectivity index (χ2n) is 4.05. The van der Waals surface area contributed by atoms with Gasteiger partial charge in [-0.2, -0.15) is 0 Å². The SMILES string of the molecule is COC(=O)c1ccc(CNC2(CO)CC2)o1. The van der Waals surface area contributed by atoms with Gasteiger partial charge < -0.3 is 19.6 Å². The van der Waals surface area contributed by atoms with E-state index in [0.717, 1.165) is 12.8 Å². The van der Waals surface area contributed by atoms with Crippen molar-refractivity contribution in [2.45, 2.75) is 24.9 Å². The fraction of sp³-hybridized carbons (Fsp3) is 0.545. The number of methoxy groups -OCH3 is 1. The molecule has 1 aromatic rings. The molecule has 16 heavy (non-hydrogen) atoms. The molecule has 1 aliphatic rings. The Bertz CT molecular complexity index is 381. The normalized spacial score (nSPS) is 17.1. The molecule has 88 valence electrons. The first-order valence-electron chi connectivity index (χ1n) is 5.22. The number of furan rings is 1. The first-order chi connectivity index (χ1) is 7.69. The second-order valence-corrected chi connectivity index (χ2v) is 4.05. The zero-order valence-electron chi connectivity index (χ0n) is 9.16. The topological polar surface area (TPSA) is 71.7 Å². The van der Waals surface area contributed by atoms with E-state index in [-0.39, 0.29) is 17.9 Å². The van der Waals surface area contributed by atoms with Gasteiger partial charge in [0, 0.05) is 5.54 Å². The van der Waals surface area contributed by atoms with Crippen LogP contribution >= 0.6 is 0 Å². The predicted octanol–water partition coefficient (Wildman–Crippen LogP) is 0.681. The van der Waals surface area contributed by atoms with Crippen LogP contribution < -0.4 is 5.32 Å². The van der Waals surface area contributed by atoms with Gasteiger partial charge in [0.05, 0.1) is 20.3 Å². The van der Waals surface area contributed by atoms with Crippen molar-refractivity contribution in [1.82, 2.24) is 5.32 Å². The van der Waals surface area contributed by atoms with Gasteiger partial charge in [-0.25, -0.2) is 4.79 Å². The van der Waals surface area contributed by atoms with Gasteiger partial charge in [0.25, 0.3) is 0 Å². The van der Waals surface area contributed by atoms with E-state index < -0.39 is 5.97 Å². The van der Waals surface area contributed by atoms with Gasteiger partial charge in [-0.3, -0.25) is 0 Å². The summed E-state index contributed by atoms with van der Waals surface area (Å²) in [4.78, 5) is 11.1. The average Bonchev–Trinajstić information content (AvgIpc) is 2.95. The van der Waals surface area contributed by atoms with Crippen LogP contribution in [0.15, 0.2) is 16.5 Å². The number of carbonyl (C=O) groups is 1. The van der Waals surface area contributed by atoms with Crippen molar-refractivity contribution in [3.05, 3.63) is 23.7 Å². The molecule has 0 spiro atoms. The number of esters is 1. The highest BCUT2D eigenvalue weighted by molar-refractivity contribution is 5.86. The van der Waals surface area contributed by atoms with Crippen molar-refractivity contribution in [2.75, 3.05) is 13.7 Å². The molecule has 0 saturated heterocycles. The third-order valence-electron chi connectivity index (χ3n) is 2.84. The maximum Gasteiger partial charge on any atom is 0.373 e.